The van der Waals surface area contributed by atoms with Crippen molar-refractivity contribution in [1.29, 1.82) is 0 Å². The van der Waals surface area contributed by atoms with E-state index in [1.807, 2.05) is 10.9 Å². The Balaban J connectivity index is 1.26. The zero-order valence-electron chi connectivity index (χ0n) is 22.5. The van der Waals surface area contributed by atoms with Crippen molar-refractivity contribution in [2.24, 2.45) is 0 Å². The molecule has 3 N–H and O–H groups in total. The monoisotopic (exact) mass is 560 g/mol. The van der Waals surface area contributed by atoms with E-state index >= 15 is 0 Å². The lowest BCUT2D eigenvalue weighted by Crippen LogP contribution is -2.57. The van der Waals surface area contributed by atoms with Gasteiger partial charge in [-0.15, -0.1) is 10.2 Å². The summed E-state index contributed by atoms with van der Waals surface area (Å²) in [6.45, 7) is 1.01. The quantitative estimate of drug-likeness (QED) is 0.395. The zero-order valence-corrected chi connectivity index (χ0v) is 22.5. The van der Waals surface area contributed by atoms with Crippen LogP contribution in [-0.4, -0.2) is 89.0 Å². The van der Waals surface area contributed by atoms with Crippen LogP contribution in [0.15, 0.2) is 24.5 Å². The minimum Gasteiger partial charge on any atom is -0.394 e. The molecule has 7 rings (SSSR count). The molecule has 3 aliphatic carbocycles. The number of hydrogen-bond donors (Lipinski definition) is 3. The van der Waals surface area contributed by atoms with E-state index in [1.54, 1.807) is 0 Å². The first-order chi connectivity index (χ1) is 19.2. The maximum absolute atomic E-state index is 14.6. The number of aryl methyl sites for hydroxylation is 1. The Bertz CT molecular complexity index is 1360. The predicted molar refractivity (Wildman–Crippen MR) is 136 cm³/mol. The number of ether oxygens (including phenoxy) is 2. The molecule has 3 heterocycles. The summed E-state index contributed by atoms with van der Waals surface area (Å²) in [7, 11) is 1.48. The average molecular weight is 561 g/mol. The maximum Gasteiger partial charge on any atom is 0.168 e. The van der Waals surface area contributed by atoms with Crippen molar-refractivity contribution >= 4 is 0 Å². The van der Waals surface area contributed by atoms with Gasteiger partial charge in [-0.3, -0.25) is 0 Å². The largest absolute Gasteiger partial charge is 0.394 e. The number of rotatable bonds is 7. The van der Waals surface area contributed by atoms with E-state index in [2.05, 4.69) is 20.6 Å². The maximum atomic E-state index is 14.6. The second-order valence-electron chi connectivity index (χ2n) is 11.5. The fraction of sp³-hybridized carbons (Fsp3) is 0.630. The van der Waals surface area contributed by atoms with E-state index in [0.29, 0.717) is 5.69 Å². The van der Waals surface area contributed by atoms with Crippen LogP contribution >= 0.6 is 0 Å². The predicted octanol–water partition coefficient (Wildman–Crippen LogP) is 1.84. The fourth-order valence-corrected chi connectivity index (χ4v) is 6.64. The van der Waals surface area contributed by atoms with Gasteiger partial charge in [0, 0.05) is 25.3 Å². The van der Waals surface area contributed by atoms with E-state index in [0.717, 1.165) is 38.5 Å². The Morgan fingerprint density at radius 1 is 1.02 bits per heavy atom. The van der Waals surface area contributed by atoms with Crippen LogP contribution in [-0.2, 0) is 21.4 Å². The van der Waals surface area contributed by atoms with Gasteiger partial charge in [-0.1, -0.05) is 16.5 Å². The molecule has 4 aliphatic rings. The van der Waals surface area contributed by atoms with Crippen molar-refractivity contribution in [3.8, 4) is 11.3 Å². The summed E-state index contributed by atoms with van der Waals surface area (Å²) in [6.07, 6.45) is 4.83. The van der Waals surface area contributed by atoms with Gasteiger partial charge >= 0.3 is 0 Å². The number of hydrogen-bond acceptors (Lipinski definition) is 9. The molecule has 0 amide bonds. The number of benzene rings is 1. The molecule has 5 atom stereocenters. The van der Waals surface area contributed by atoms with Crippen molar-refractivity contribution in [2.75, 3.05) is 13.7 Å². The summed E-state index contributed by atoms with van der Waals surface area (Å²) in [4.78, 5) is 0. The molecule has 4 fully saturated rings. The molecule has 1 aromatic carbocycles. The standard InChI is InChI=1S/C27H34F2N6O5/c1-15-3-4-17(22(29)21(15)28)18-13-34(32-31-18)23-24(37)20(14-36)40-19(25(23)39-2)11-16-12-35(33-30-16)26-5-8-27(38,9-6-26)10-7-26/h3-4,12-13,19-20,23-25,36-38H,5-11,14H2,1-2H3/t19-,20-,23+,24+,25+,26?,27?/m1/s1. The number of aliphatic hydroxyl groups is 3. The van der Waals surface area contributed by atoms with E-state index < -0.39 is 54.3 Å². The summed E-state index contributed by atoms with van der Waals surface area (Å²) in [5.41, 5.74) is 0.166. The van der Waals surface area contributed by atoms with Gasteiger partial charge in [-0.2, -0.15) is 0 Å². The highest BCUT2D eigenvalue weighted by Gasteiger charge is 2.50. The third-order valence-electron chi connectivity index (χ3n) is 9.21. The first kappa shape index (κ1) is 27.3. The van der Waals surface area contributed by atoms with Crippen LogP contribution in [0.3, 0.4) is 0 Å². The molecule has 2 bridgehead atoms. The highest BCUT2D eigenvalue weighted by Crippen LogP contribution is 2.50. The molecule has 40 heavy (non-hydrogen) atoms. The number of methoxy groups -OCH3 is 1. The van der Waals surface area contributed by atoms with Crippen LogP contribution in [0.2, 0.25) is 0 Å². The molecule has 2 aromatic heterocycles. The second kappa shape index (κ2) is 10.2. The Kier molecular flexibility index (Phi) is 6.98. The third-order valence-corrected chi connectivity index (χ3v) is 9.21. The van der Waals surface area contributed by atoms with Crippen LogP contribution in [0.25, 0.3) is 11.3 Å². The van der Waals surface area contributed by atoms with Gasteiger partial charge < -0.3 is 24.8 Å². The molecule has 0 radical (unpaired) electrons. The third kappa shape index (κ3) is 4.53. The lowest BCUT2D eigenvalue weighted by atomic mass is 9.63. The zero-order chi connectivity index (χ0) is 28.2. The lowest BCUT2D eigenvalue weighted by Gasteiger charge is -2.50. The normalized spacial score (nSPS) is 33.9. The molecule has 3 aromatic rings. The van der Waals surface area contributed by atoms with Crippen LogP contribution < -0.4 is 0 Å². The average Bonchev–Trinajstić information content (AvgIpc) is 3.63. The van der Waals surface area contributed by atoms with Crippen molar-refractivity contribution in [3.63, 3.8) is 0 Å². The van der Waals surface area contributed by atoms with Gasteiger partial charge in [0.05, 0.1) is 35.7 Å². The number of halogens is 2. The molecule has 11 nitrogen and oxygen atoms in total. The minimum atomic E-state index is -1.22. The molecule has 0 unspecified atom stereocenters. The molecule has 3 saturated carbocycles. The van der Waals surface area contributed by atoms with Crippen LogP contribution in [0, 0.1) is 18.6 Å². The number of aliphatic hydroxyl groups excluding tert-OH is 2. The van der Waals surface area contributed by atoms with Crippen LogP contribution in [0.1, 0.15) is 55.8 Å². The van der Waals surface area contributed by atoms with Crippen molar-refractivity contribution < 1.29 is 33.6 Å². The van der Waals surface area contributed by atoms with E-state index in [9.17, 15) is 24.1 Å². The van der Waals surface area contributed by atoms with Crippen molar-refractivity contribution in [1.82, 2.24) is 30.0 Å². The second-order valence-corrected chi connectivity index (χ2v) is 11.5. The number of fused-ring (bicyclic) bond motifs is 3. The lowest BCUT2D eigenvalue weighted by molar-refractivity contribution is -0.212. The minimum absolute atomic E-state index is 0.0556. The number of nitrogens with zero attached hydrogens (tertiary/aromatic N) is 6. The highest BCUT2D eigenvalue weighted by atomic mass is 19.2. The summed E-state index contributed by atoms with van der Waals surface area (Å²) in [5, 5.41) is 48.7. The molecule has 216 valence electrons. The van der Waals surface area contributed by atoms with Gasteiger partial charge in [-0.25, -0.2) is 18.1 Å². The van der Waals surface area contributed by atoms with E-state index in [-0.39, 0.29) is 28.8 Å². The Hall–Kier alpha value is -2.84. The Morgan fingerprint density at radius 3 is 2.42 bits per heavy atom. The molecule has 13 heteroatoms. The highest BCUT2D eigenvalue weighted by molar-refractivity contribution is 5.59. The van der Waals surface area contributed by atoms with E-state index in [4.69, 9.17) is 9.47 Å². The van der Waals surface area contributed by atoms with Crippen LogP contribution in [0.5, 0.6) is 0 Å². The van der Waals surface area contributed by atoms with E-state index in [1.165, 1.54) is 37.0 Å². The first-order valence-corrected chi connectivity index (χ1v) is 13.6. The van der Waals surface area contributed by atoms with Gasteiger partial charge in [0.1, 0.15) is 30.0 Å². The van der Waals surface area contributed by atoms with Gasteiger partial charge in [0.15, 0.2) is 11.6 Å². The summed E-state index contributed by atoms with van der Waals surface area (Å²) in [5.74, 6) is -1.99. The molecule has 0 spiro atoms. The fourth-order valence-electron chi connectivity index (χ4n) is 6.64. The topological polar surface area (TPSA) is 141 Å². The Labute approximate surface area is 229 Å². The molecule has 1 saturated heterocycles. The molecular weight excluding hydrogens is 526 g/mol. The smallest absolute Gasteiger partial charge is 0.168 e. The number of aromatic nitrogens is 6. The van der Waals surface area contributed by atoms with Crippen molar-refractivity contribution in [3.05, 3.63) is 47.4 Å². The van der Waals surface area contributed by atoms with Gasteiger partial charge in [0.2, 0.25) is 0 Å². The summed E-state index contributed by atoms with van der Waals surface area (Å²) < 4.78 is 44.0. The Morgan fingerprint density at radius 2 is 1.75 bits per heavy atom. The first-order valence-electron chi connectivity index (χ1n) is 13.6. The summed E-state index contributed by atoms with van der Waals surface area (Å²) in [6, 6.07) is 2.04. The molecular formula is C27H34F2N6O5. The SMILES string of the molecule is CO[C@@H]1[C@@H](n2cc(-c3ccc(C)c(F)c3F)nn2)[C@@H](O)[C@@H](CO)O[C@@H]1Cc1cn(C23CCC(O)(CC2)CC3)nn1. The molecule has 1 aliphatic heterocycles. The van der Waals surface area contributed by atoms with Gasteiger partial charge in [-0.05, 0) is 57.1 Å². The van der Waals surface area contributed by atoms with Crippen LogP contribution in [0.4, 0.5) is 8.78 Å². The van der Waals surface area contributed by atoms with Gasteiger partial charge in [0.25, 0.3) is 0 Å². The van der Waals surface area contributed by atoms with Crippen molar-refractivity contribution in [2.45, 2.75) is 93.5 Å². The summed E-state index contributed by atoms with van der Waals surface area (Å²) >= 11 is 0.